The highest BCUT2D eigenvalue weighted by Crippen LogP contribution is 2.42. The van der Waals surface area contributed by atoms with Gasteiger partial charge >= 0.3 is 0 Å². The van der Waals surface area contributed by atoms with Gasteiger partial charge in [-0.15, -0.1) is 0 Å². The van der Waals surface area contributed by atoms with E-state index in [0.29, 0.717) is 6.54 Å². The molecule has 1 aliphatic heterocycles. The van der Waals surface area contributed by atoms with Crippen LogP contribution in [0.25, 0.3) is 5.69 Å². The predicted molar refractivity (Wildman–Crippen MR) is 140 cm³/mol. The lowest BCUT2D eigenvalue weighted by molar-refractivity contribution is 0.310. The smallest absolute Gasteiger partial charge is 0.170 e. The molecule has 1 aliphatic rings. The van der Waals surface area contributed by atoms with E-state index < -0.39 is 0 Å². The average molecular weight is 468 g/mol. The number of hydrogen-bond donors (Lipinski definition) is 1. The summed E-state index contributed by atoms with van der Waals surface area (Å²) < 4.78 is 2.34. The molecule has 5 rings (SSSR count). The van der Waals surface area contributed by atoms with Crippen molar-refractivity contribution < 1.29 is 0 Å². The normalized spacial score (nSPS) is 17.7. The van der Waals surface area contributed by atoms with Gasteiger partial charge in [-0.1, -0.05) is 31.2 Å². The van der Waals surface area contributed by atoms with Crippen molar-refractivity contribution in [3.8, 4) is 5.69 Å². The minimum Gasteiger partial charge on any atom is -0.352 e. The second-order valence-electron chi connectivity index (χ2n) is 8.80. The monoisotopic (exact) mass is 467 g/mol. The van der Waals surface area contributed by atoms with Crippen LogP contribution in [0.15, 0.2) is 79.3 Å². The van der Waals surface area contributed by atoms with E-state index in [1.54, 1.807) is 6.20 Å². The Hall–Kier alpha value is -3.51. The topological polar surface area (TPSA) is 46.0 Å². The van der Waals surface area contributed by atoms with E-state index in [-0.39, 0.29) is 12.1 Å². The SMILES string of the molecule is CCc1ccc(-n2c(C)cc(C3C(c4ccccn4)NC(=S)N3Cc3cccnc3)c2C)cc1. The van der Waals surface area contributed by atoms with Gasteiger partial charge in [0.25, 0.3) is 0 Å². The van der Waals surface area contributed by atoms with Gasteiger partial charge in [0, 0.05) is 42.2 Å². The largest absolute Gasteiger partial charge is 0.352 e. The molecule has 4 aromatic rings. The molecule has 1 saturated heterocycles. The van der Waals surface area contributed by atoms with Gasteiger partial charge in [-0.05, 0) is 85.6 Å². The predicted octanol–water partition coefficient (Wildman–Crippen LogP) is 5.62. The molecule has 0 aliphatic carbocycles. The van der Waals surface area contributed by atoms with E-state index in [1.807, 2.05) is 30.6 Å². The Morgan fingerprint density at radius 2 is 1.79 bits per heavy atom. The van der Waals surface area contributed by atoms with Crippen molar-refractivity contribution in [3.05, 3.63) is 113 Å². The van der Waals surface area contributed by atoms with Crippen molar-refractivity contribution in [2.24, 2.45) is 0 Å². The zero-order valence-electron chi connectivity index (χ0n) is 19.8. The molecule has 1 aromatic carbocycles. The quantitative estimate of drug-likeness (QED) is 0.373. The van der Waals surface area contributed by atoms with E-state index in [0.717, 1.165) is 22.8 Å². The van der Waals surface area contributed by atoms with Crippen molar-refractivity contribution in [2.45, 2.75) is 45.8 Å². The van der Waals surface area contributed by atoms with Gasteiger partial charge in [-0.2, -0.15) is 0 Å². The van der Waals surface area contributed by atoms with Gasteiger partial charge in [0.2, 0.25) is 0 Å². The van der Waals surface area contributed by atoms with E-state index >= 15 is 0 Å². The minimum atomic E-state index is -0.0400. The van der Waals surface area contributed by atoms with E-state index in [9.17, 15) is 0 Å². The molecule has 3 aromatic heterocycles. The van der Waals surface area contributed by atoms with Crippen LogP contribution in [-0.2, 0) is 13.0 Å². The molecular formula is C28H29N5S. The highest BCUT2D eigenvalue weighted by molar-refractivity contribution is 7.80. The van der Waals surface area contributed by atoms with Crippen LogP contribution >= 0.6 is 12.2 Å². The maximum Gasteiger partial charge on any atom is 0.170 e. The molecular weight excluding hydrogens is 438 g/mol. The highest BCUT2D eigenvalue weighted by atomic mass is 32.1. The van der Waals surface area contributed by atoms with Crippen molar-refractivity contribution >= 4 is 17.3 Å². The second kappa shape index (κ2) is 9.39. The molecule has 4 heterocycles. The van der Waals surface area contributed by atoms with Gasteiger partial charge in [0.1, 0.15) is 0 Å². The number of pyridine rings is 2. The van der Waals surface area contributed by atoms with Gasteiger partial charge in [-0.25, -0.2) is 0 Å². The fourth-order valence-corrected chi connectivity index (χ4v) is 5.27. The van der Waals surface area contributed by atoms with E-state index in [1.165, 1.54) is 28.2 Å². The highest BCUT2D eigenvalue weighted by Gasteiger charge is 2.41. The number of aromatic nitrogens is 3. The average Bonchev–Trinajstić information content (AvgIpc) is 3.35. The number of benzene rings is 1. The Labute approximate surface area is 206 Å². The van der Waals surface area contributed by atoms with Crippen molar-refractivity contribution in [1.82, 2.24) is 24.8 Å². The number of hydrogen-bond acceptors (Lipinski definition) is 3. The number of aryl methyl sites for hydroxylation is 2. The summed E-state index contributed by atoms with van der Waals surface area (Å²) in [6.07, 6.45) is 6.59. The summed E-state index contributed by atoms with van der Waals surface area (Å²) in [5.74, 6) is 0. The molecule has 5 nitrogen and oxygen atoms in total. The van der Waals surface area contributed by atoms with Crippen molar-refractivity contribution in [2.75, 3.05) is 0 Å². The molecule has 0 radical (unpaired) electrons. The Morgan fingerprint density at radius 3 is 2.47 bits per heavy atom. The van der Waals surface area contributed by atoms with Crippen LogP contribution in [0, 0.1) is 13.8 Å². The van der Waals surface area contributed by atoms with Crippen LogP contribution in [0.4, 0.5) is 0 Å². The van der Waals surface area contributed by atoms with Gasteiger partial charge in [0.15, 0.2) is 5.11 Å². The summed E-state index contributed by atoms with van der Waals surface area (Å²) in [7, 11) is 0. The lowest BCUT2D eigenvalue weighted by Crippen LogP contribution is -2.29. The third-order valence-corrected chi connectivity index (χ3v) is 7.02. The maximum absolute atomic E-state index is 5.86. The maximum atomic E-state index is 5.86. The number of thiocarbonyl (C=S) groups is 1. The molecule has 0 bridgehead atoms. The first-order valence-electron chi connectivity index (χ1n) is 11.7. The Kier molecular flexibility index (Phi) is 6.16. The third-order valence-electron chi connectivity index (χ3n) is 6.67. The minimum absolute atomic E-state index is 0.0115. The van der Waals surface area contributed by atoms with Gasteiger partial charge in [-0.3, -0.25) is 9.97 Å². The van der Waals surface area contributed by atoms with Crippen LogP contribution in [0.2, 0.25) is 0 Å². The lowest BCUT2D eigenvalue weighted by Gasteiger charge is -2.28. The summed E-state index contributed by atoms with van der Waals surface area (Å²) in [6.45, 7) is 7.24. The fourth-order valence-electron chi connectivity index (χ4n) is 4.97. The summed E-state index contributed by atoms with van der Waals surface area (Å²) in [6, 6.07) is 21.2. The Balaban J connectivity index is 1.60. The van der Waals surface area contributed by atoms with Crippen molar-refractivity contribution in [3.63, 3.8) is 0 Å². The number of nitrogens with zero attached hydrogens (tertiary/aromatic N) is 4. The van der Waals surface area contributed by atoms with E-state index in [4.69, 9.17) is 12.2 Å². The number of nitrogens with one attached hydrogen (secondary N) is 1. The molecule has 6 heteroatoms. The molecule has 1 N–H and O–H groups in total. The summed E-state index contributed by atoms with van der Waals surface area (Å²) in [4.78, 5) is 11.3. The van der Waals surface area contributed by atoms with Crippen LogP contribution in [0.1, 0.15) is 52.8 Å². The molecule has 2 unspecified atom stereocenters. The van der Waals surface area contributed by atoms with Crippen LogP contribution in [0.3, 0.4) is 0 Å². The number of rotatable bonds is 6. The lowest BCUT2D eigenvalue weighted by atomic mass is 9.96. The van der Waals surface area contributed by atoms with Crippen LogP contribution in [-0.4, -0.2) is 24.5 Å². The van der Waals surface area contributed by atoms with E-state index in [2.05, 4.69) is 88.0 Å². The second-order valence-corrected chi connectivity index (χ2v) is 9.18. The zero-order chi connectivity index (χ0) is 23.7. The van der Waals surface area contributed by atoms with Gasteiger partial charge < -0.3 is 14.8 Å². The summed E-state index contributed by atoms with van der Waals surface area (Å²) >= 11 is 5.86. The Morgan fingerprint density at radius 1 is 0.971 bits per heavy atom. The van der Waals surface area contributed by atoms with Crippen LogP contribution < -0.4 is 5.32 Å². The molecule has 0 spiro atoms. The summed E-state index contributed by atoms with van der Waals surface area (Å²) in [5.41, 5.74) is 8.31. The summed E-state index contributed by atoms with van der Waals surface area (Å²) in [5, 5.41) is 4.30. The first-order valence-corrected chi connectivity index (χ1v) is 12.1. The van der Waals surface area contributed by atoms with Crippen molar-refractivity contribution in [1.29, 1.82) is 0 Å². The molecule has 0 saturated carbocycles. The first-order chi connectivity index (χ1) is 16.6. The molecule has 0 amide bonds. The standard InChI is InChI=1S/C28H29N5S/c1-4-21-10-12-23(13-11-21)33-19(2)16-24(20(33)3)27-26(25-9-5-6-15-30-25)31-28(34)32(27)18-22-8-7-14-29-17-22/h5-17,26-27H,4,18H2,1-3H3,(H,31,34). The molecule has 2 atom stereocenters. The fraction of sp³-hybridized carbons (Fsp3) is 0.250. The molecule has 172 valence electrons. The van der Waals surface area contributed by atoms with Gasteiger partial charge in [0.05, 0.1) is 17.8 Å². The third kappa shape index (κ3) is 4.10. The Bertz CT molecular complexity index is 1280. The molecule has 1 fully saturated rings. The van der Waals surface area contributed by atoms with Crippen LogP contribution in [0.5, 0.6) is 0 Å². The first kappa shape index (κ1) is 22.3. The zero-order valence-corrected chi connectivity index (χ0v) is 20.6. The molecule has 34 heavy (non-hydrogen) atoms.